The Balaban J connectivity index is 1.18. The SMILES string of the molecule is N=C(/C(CO[C@H]1CC[C@@H](c2nc3ccc(C(=O)O)cc3s2)CC1)=C(\O)C1CC1)C1CCC(F)(F)CC1. The number of aromatic nitrogens is 1. The van der Waals surface area contributed by atoms with E-state index >= 15 is 0 Å². The predicted octanol–water partition coefficient (Wildman–Crippen LogP) is 7.10. The highest BCUT2D eigenvalue weighted by atomic mass is 32.1. The summed E-state index contributed by atoms with van der Waals surface area (Å²) in [7, 11) is 0. The van der Waals surface area contributed by atoms with Gasteiger partial charge in [0.2, 0.25) is 5.92 Å². The minimum absolute atomic E-state index is 0.0136. The van der Waals surface area contributed by atoms with E-state index in [0.29, 0.717) is 11.5 Å². The lowest BCUT2D eigenvalue weighted by Crippen LogP contribution is -2.31. The maximum Gasteiger partial charge on any atom is 0.335 e. The Labute approximate surface area is 212 Å². The Hall–Kier alpha value is -2.39. The molecule has 0 radical (unpaired) electrons. The van der Waals surface area contributed by atoms with Gasteiger partial charge in [-0.15, -0.1) is 11.3 Å². The van der Waals surface area contributed by atoms with Crippen molar-refractivity contribution in [2.24, 2.45) is 11.8 Å². The summed E-state index contributed by atoms with van der Waals surface area (Å²) in [5.74, 6) is -3.24. The van der Waals surface area contributed by atoms with Gasteiger partial charge in [-0.1, -0.05) is 0 Å². The van der Waals surface area contributed by atoms with E-state index in [1.54, 1.807) is 29.5 Å². The van der Waals surface area contributed by atoms with Gasteiger partial charge in [0.25, 0.3) is 0 Å². The molecule has 0 amide bonds. The third-order valence-electron chi connectivity index (χ3n) is 7.86. The van der Waals surface area contributed by atoms with Gasteiger partial charge in [0.05, 0.1) is 33.5 Å². The Morgan fingerprint density at radius 1 is 1.06 bits per heavy atom. The van der Waals surface area contributed by atoms with Gasteiger partial charge in [0.15, 0.2) is 0 Å². The maximum absolute atomic E-state index is 13.6. The topological polar surface area (TPSA) is 104 Å². The lowest BCUT2D eigenvalue weighted by Gasteiger charge is -2.31. The fourth-order valence-corrected chi connectivity index (χ4v) is 6.57. The summed E-state index contributed by atoms with van der Waals surface area (Å²) in [6, 6.07) is 5.02. The van der Waals surface area contributed by atoms with Crippen LogP contribution < -0.4 is 0 Å². The number of nitrogens with one attached hydrogen (secondary N) is 1. The van der Waals surface area contributed by atoms with Crippen LogP contribution in [0, 0.1) is 17.2 Å². The van der Waals surface area contributed by atoms with Crippen LogP contribution in [0.3, 0.4) is 0 Å². The number of hydrogen-bond acceptors (Lipinski definition) is 6. The number of allylic oxidation sites excluding steroid dienone is 1. The molecule has 0 atom stereocenters. The lowest BCUT2D eigenvalue weighted by atomic mass is 9.81. The van der Waals surface area contributed by atoms with Crippen molar-refractivity contribution in [3.8, 4) is 0 Å². The zero-order valence-electron chi connectivity index (χ0n) is 20.1. The third kappa shape index (κ3) is 5.62. The number of alkyl halides is 2. The summed E-state index contributed by atoms with van der Waals surface area (Å²) >= 11 is 1.55. The van der Waals surface area contributed by atoms with Crippen LogP contribution in [0.5, 0.6) is 0 Å². The van der Waals surface area contributed by atoms with Crippen LogP contribution in [0.25, 0.3) is 10.2 Å². The van der Waals surface area contributed by atoms with Crippen LogP contribution in [-0.4, -0.2) is 45.5 Å². The van der Waals surface area contributed by atoms with Gasteiger partial charge < -0.3 is 20.4 Å². The molecular weight excluding hydrogens is 486 g/mol. The molecule has 1 aromatic carbocycles. The molecule has 3 aliphatic carbocycles. The first-order valence-electron chi connectivity index (χ1n) is 12.8. The zero-order chi connectivity index (χ0) is 25.4. The van der Waals surface area contributed by atoms with Gasteiger partial charge in [-0.25, -0.2) is 18.6 Å². The van der Waals surface area contributed by atoms with Crippen molar-refractivity contribution in [2.45, 2.75) is 82.2 Å². The molecule has 9 heteroatoms. The van der Waals surface area contributed by atoms with E-state index in [-0.39, 0.29) is 67.3 Å². The number of nitrogens with zero attached hydrogens (tertiary/aromatic N) is 1. The standard InChI is InChI=1S/C27H32F2N2O4S/c28-27(29)11-9-15(10-12-27)23(30)20(24(32)16-1-2-16)14-35-19-6-3-17(4-7-19)25-31-21-8-5-18(26(33)34)13-22(21)36-25/h5,8,13,15-17,19,30,32H,1-4,6-7,9-12,14H2,(H,33,34)/b24-20-,30-23?/t17-,19+. The second kappa shape index (κ2) is 10.2. The van der Waals surface area contributed by atoms with E-state index in [1.807, 2.05) is 0 Å². The molecule has 36 heavy (non-hydrogen) atoms. The first-order chi connectivity index (χ1) is 17.2. The first kappa shape index (κ1) is 25.3. The molecule has 0 aliphatic heterocycles. The number of benzene rings is 1. The molecular formula is C27H32F2N2O4S. The van der Waals surface area contributed by atoms with Crippen molar-refractivity contribution in [1.82, 2.24) is 4.98 Å². The average Bonchev–Trinajstić information content (AvgIpc) is 3.62. The maximum atomic E-state index is 13.6. The van der Waals surface area contributed by atoms with Gasteiger partial charge in [-0.2, -0.15) is 0 Å². The molecule has 3 saturated carbocycles. The molecule has 1 heterocycles. The molecule has 0 unspecified atom stereocenters. The number of halogens is 2. The van der Waals surface area contributed by atoms with Crippen LogP contribution in [-0.2, 0) is 4.74 Å². The Kier molecular flexibility index (Phi) is 7.14. The largest absolute Gasteiger partial charge is 0.512 e. The average molecular weight is 519 g/mol. The number of carbonyl (C=O) groups is 1. The van der Waals surface area contributed by atoms with Crippen molar-refractivity contribution in [2.75, 3.05) is 6.61 Å². The molecule has 0 saturated heterocycles. The third-order valence-corrected chi connectivity index (χ3v) is 9.04. The highest BCUT2D eigenvalue weighted by molar-refractivity contribution is 7.18. The highest BCUT2D eigenvalue weighted by Crippen LogP contribution is 2.42. The molecule has 1 aromatic heterocycles. The van der Waals surface area contributed by atoms with Gasteiger partial charge in [0, 0.05) is 41.9 Å². The molecule has 3 aliphatic rings. The van der Waals surface area contributed by atoms with Crippen LogP contribution in [0.1, 0.15) is 85.5 Å². The summed E-state index contributed by atoms with van der Waals surface area (Å²) in [5, 5.41) is 29.7. The Bertz CT molecular complexity index is 1170. The Morgan fingerprint density at radius 3 is 2.39 bits per heavy atom. The number of aliphatic hydroxyl groups excluding tert-OH is 1. The molecule has 5 rings (SSSR count). The van der Waals surface area contributed by atoms with E-state index in [9.17, 15) is 23.8 Å². The van der Waals surface area contributed by atoms with Gasteiger partial charge in [0.1, 0.15) is 5.76 Å². The van der Waals surface area contributed by atoms with Crippen molar-refractivity contribution >= 4 is 33.2 Å². The second-order valence-electron chi connectivity index (χ2n) is 10.5. The normalized spacial score (nSPS) is 25.5. The number of fused-ring (bicyclic) bond motifs is 1. The fourth-order valence-electron chi connectivity index (χ4n) is 5.40. The smallest absolute Gasteiger partial charge is 0.335 e. The molecule has 194 valence electrons. The van der Waals surface area contributed by atoms with E-state index in [2.05, 4.69) is 0 Å². The number of hydrogen-bond donors (Lipinski definition) is 3. The second-order valence-corrected chi connectivity index (χ2v) is 11.6. The minimum Gasteiger partial charge on any atom is -0.512 e. The first-order valence-corrected chi connectivity index (χ1v) is 13.7. The van der Waals surface area contributed by atoms with Crippen molar-refractivity contribution < 1.29 is 28.5 Å². The van der Waals surface area contributed by atoms with E-state index in [1.165, 1.54) is 0 Å². The number of rotatable bonds is 8. The van der Waals surface area contributed by atoms with Gasteiger partial charge in [-0.3, -0.25) is 0 Å². The van der Waals surface area contributed by atoms with E-state index < -0.39 is 11.9 Å². The van der Waals surface area contributed by atoms with E-state index in [4.69, 9.17) is 15.1 Å². The highest BCUT2D eigenvalue weighted by Gasteiger charge is 2.38. The molecule has 6 nitrogen and oxygen atoms in total. The number of aliphatic hydroxyl groups is 1. The number of thiazole rings is 1. The van der Waals surface area contributed by atoms with Gasteiger partial charge >= 0.3 is 5.97 Å². The van der Waals surface area contributed by atoms with Crippen LogP contribution in [0.2, 0.25) is 0 Å². The quantitative estimate of drug-likeness (QED) is 0.255. The van der Waals surface area contributed by atoms with Crippen molar-refractivity contribution in [1.29, 1.82) is 5.41 Å². The van der Waals surface area contributed by atoms with Crippen LogP contribution >= 0.6 is 11.3 Å². The number of carboxylic acid groups (broad SMARTS) is 1. The molecule has 3 fully saturated rings. The molecule has 0 bridgehead atoms. The summed E-state index contributed by atoms with van der Waals surface area (Å²) in [6.07, 6.45) is 5.42. The number of aromatic carboxylic acids is 1. The molecule has 2 aromatic rings. The predicted molar refractivity (Wildman–Crippen MR) is 135 cm³/mol. The minimum atomic E-state index is -2.64. The number of ether oxygens (including phenoxy) is 1. The van der Waals surface area contributed by atoms with Crippen LogP contribution in [0.15, 0.2) is 29.5 Å². The molecule has 0 spiro atoms. The van der Waals surface area contributed by atoms with E-state index in [0.717, 1.165) is 53.7 Å². The van der Waals surface area contributed by atoms with Crippen LogP contribution in [0.4, 0.5) is 8.78 Å². The summed E-state index contributed by atoms with van der Waals surface area (Å²) in [6.45, 7) is 0.155. The lowest BCUT2D eigenvalue weighted by molar-refractivity contribution is -0.0395. The van der Waals surface area contributed by atoms with Gasteiger partial charge in [-0.05, 0) is 69.6 Å². The fraction of sp³-hybridized carbons (Fsp3) is 0.593. The van der Waals surface area contributed by atoms with Crippen molar-refractivity contribution in [3.05, 3.63) is 40.1 Å². The monoisotopic (exact) mass is 518 g/mol. The zero-order valence-corrected chi connectivity index (χ0v) is 21.0. The summed E-state index contributed by atoms with van der Waals surface area (Å²) < 4.78 is 34.3. The van der Waals surface area contributed by atoms with Crippen molar-refractivity contribution in [3.63, 3.8) is 0 Å². The Morgan fingerprint density at radius 2 is 1.75 bits per heavy atom. The number of carboxylic acids is 1. The summed E-state index contributed by atoms with van der Waals surface area (Å²) in [5.41, 5.74) is 1.87. The summed E-state index contributed by atoms with van der Waals surface area (Å²) in [4.78, 5) is 16.0. The molecule has 3 N–H and O–H groups in total.